The largest absolute Gasteiger partial charge is 0.107 e. The molecule has 0 spiro atoms. The number of hydrogen-bond acceptors (Lipinski definition) is 0. The second-order valence-corrected chi connectivity index (χ2v) is 8.00. The van der Waals surface area contributed by atoms with Gasteiger partial charge in [0.25, 0.3) is 0 Å². The molecule has 0 N–H and O–H groups in total. The molecule has 0 saturated heterocycles. The molecular weight excluding hydrogens is 223 g/mol. The minimum atomic E-state index is 0.400. The molecule has 0 aliphatic rings. The van der Waals surface area contributed by atoms with Crippen molar-refractivity contribution < 1.29 is 0 Å². The van der Waals surface area contributed by atoms with Gasteiger partial charge in [0.15, 0.2) is 0 Å². The molecule has 0 fully saturated rings. The van der Waals surface area contributed by atoms with Crippen LogP contribution >= 0.6 is 7.92 Å². The number of hydrogen-bond donors (Lipinski definition) is 0. The Morgan fingerprint density at radius 3 is 1.24 bits per heavy atom. The average molecular weight is 258 g/mol. The molecule has 0 aliphatic carbocycles. The van der Waals surface area contributed by atoms with Gasteiger partial charge in [0, 0.05) is 0 Å². The molecule has 0 aromatic carbocycles. The summed E-state index contributed by atoms with van der Waals surface area (Å²) in [5, 5.41) is 0. The van der Waals surface area contributed by atoms with Crippen LogP contribution in [0.3, 0.4) is 0 Å². The third-order valence-corrected chi connectivity index (χ3v) is 6.33. The van der Waals surface area contributed by atoms with Crippen LogP contribution in [0.15, 0.2) is 0 Å². The van der Waals surface area contributed by atoms with E-state index in [1.165, 1.54) is 64.2 Å². The van der Waals surface area contributed by atoms with E-state index in [0.717, 1.165) is 0 Å². The van der Waals surface area contributed by atoms with E-state index < -0.39 is 0 Å². The van der Waals surface area contributed by atoms with Gasteiger partial charge < -0.3 is 0 Å². The number of rotatable bonds is 13. The number of unbranched alkanes of at least 4 members (excludes halogenated alkanes) is 7. The van der Waals surface area contributed by atoms with E-state index in [1.54, 1.807) is 18.5 Å². The summed E-state index contributed by atoms with van der Waals surface area (Å²) >= 11 is 0. The average Bonchev–Trinajstić information content (AvgIpc) is 2.34. The fourth-order valence-electron chi connectivity index (χ4n) is 2.27. The SMILES string of the molecule is CCCCCCP(CCCCC)CCCCC. The molecule has 0 amide bonds. The summed E-state index contributed by atoms with van der Waals surface area (Å²) in [5.41, 5.74) is 0. The van der Waals surface area contributed by atoms with E-state index in [0.29, 0.717) is 7.92 Å². The third kappa shape index (κ3) is 12.7. The van der Waals surface area contributed by atoms with Crippen molar-refractivity contribution in [1.29, 1.82) is 0 Å². The van der Waals surface area contributed by atoms with E-state index in [1.807, 2.05) is 0 Å². The van der Waals surface area contributed by atoms with E-state index >= 15 is 0 Å². The normalized spacial score (nSPS) is 11.3. The predicted molar refractivity (Wildman–Crippen MR) is 84.7 cm³/mol. The van der Waals surface area contributed by atoms with Crippen LogP contribution in [0.1, 0.15) is 85.0 Å². The van der Waals surface area contributed by atoms with Crippen LogP contribution in [-0.4, -0.2) is 18.5 Å². The van der Waals surface area contributed by atoms with Crippen molar-refractivity contribution in [1.82, 2.24) is 0 Å². The zero-order valence-electron chi connectivity index (χ0n) is 12.6. The van der Waals surface area contributed by atoms with Gasteiger partial charge in [0.1, 0.15) is 0 Å². The first-order valence-corrected chi connectivity index (χ1v) is 9.97. The van der Waals surface area contributed by atoms with Gasteiger partial charge >= 0.3 is 0 Å². The Hall–Kier alpha value is 0.430. The maximum atomic E-state index is 2.32. The van der Waals surface area contributed by atoms with Crippen molar-refractivity contribution in [3.8, 4) is 0 Å². The van der Waals surface area contributed by atoms with Gasteiger partial charge in [-0.1, -0.05) is 65.7 Å². The fourth-order valence-corrected chi connectivity index (χ4v) is 4.95. The molecule has 104 valence electrons. The van der Waals surface area contributed by atoms with Crippen LogP contribution in [0, 0.1) is 0 Å². The van der Waals surface area contributed by atoms with Crippen molar-refractivity contribution in [3.63, 3.8) is 0 Å². The van der Waals surface area contributed by atoms with E-state index in [4.69, 9.17) is 0 Å². The molecule has 0 aromatic heterocycles. The van der Waals surface area contributed by atoms with Crippen LogP contribution < -0.4 is 0 Å². The zero-order chi connectivity index (χ0) is 12.8. The highest BCUT2D eigenvalue weighted by Crippen LogP contribution is 2.39. The predicted octanol–water partition coefficient (Wildman–Crippen LogP) is 6.43. The van der Waals surface area contributed by atoms with Crippen molar-refractivity contribution in [2.75, 3.05) is 18.5 Å². The molecule has 17 heavy (non-hydrogen) atoms. The second kappa shape index (κ2) is 14.5. The van der Waals surface area contributed by atoms with Crippen molar-refractivity contribution in [3.05, 3.63) is 0 Å². The highest BCUT2D eigenvalue weighted by atomic mass is 31.1. The van der Waals surface area contributed by atoms with Gasteiger partial charge in [-0.15, -0.1) is 7.92 Å². The van der Waals surface area contributed by atoms with Crippen molar-refractivity contribution in [2.45, 2.75) is 85.0 Å². The van der Waals surface area contributed by atoms with Gasteiger partial charge in [-0.25, -0.2) is 0 Å². The Morgan fingerprint density at radius 1 is 0.471 bits per heavy atom. The summed E-state index contributed by atoms with van der Waals surface area (Å²) in [7, 11) is 0.400. The summed E-state index contributed by atoms with van der Waals surface area (Å²) in [6, 6.07) is 0. The molecule has 0 unspecified atom stereocenters. The fraction of sp³-hybridized carbons (Fsp3) is 1.00. The first-order chi connectivity index (χ1) is 8.35. The lowest BCUT2D eigenvalue weighted by atomic mass is 10.2. The van der Waals surface area contributed by atoms with E-state index in [9.17, 15) is 0 Å². The monoisotopic (exact) mass is 258 g/mol. The first kappa shape index (κ1) is 17.4. The lowest BCUT2D eigenvalue weighted by molar-refractivity contribution is 0.701. The Balaban J connectivity index is 3.60. The lowest BCUT2D eigenvalue weighted by Gasteiger charge is -2.17. The molecule has 0 bridgehead atoms. The molecular formula is C16H35P. The van der Waals surface area contributed by atoms with Crippen molar-refractivity contribution >= 4 is 7.92 Å². The first-order valence-electron chi connectivity index (χ1n) is 8.07. The third-order valence-electron chi connectivity index (χ3n) is 3.48. The Bertz CT molecular complexity index is 123. The molecule has 0 rings (SSSR count). The summed E-state index contributed by atoms with van der Waals surface area (Å²) in [4.78, 5) is 0. The lowest BCUT2D eigenvalue weighted by Crippen LogP contribution is -1.96. The quantitative estimate of drug-likeness (QED) is 0.264. The zero-order valence-corrected chi connectivity index (χ0v) is 13.5. The van der Waals surface area contributed by atoms with E-state index in [-0.39, 0.29) is 0 Å². The summed E-state index contributed by atoms with van der Waals surface area (Å²) < 4.78 is 0. The smallest absolute Gasteiger partial charge is 0.0326 e. The maximum absolute atomic E-state index is 2.32. The van der Waals surface area contributed by atoms with Gasteiger partial charge in [0.2, 0.25) is 0 Å². The van der Waals surface area contributed by atoms with Crippen LogP contribution in [-0.2, 0) is 0 Å². The Labute approximate surface area is 112 Å². The summed E-state index contributed by atoms with van der Waals surface area (Å²) in [6.45, 7) is 6.95. The standard InChI is InChI=1S/C16H35P/c1-4-7-10-13-16-17(14-11-8-5-2)15-12-9-6-3/h4-16H2,1-3H3. The molecule has 0 radical (unpaired) electrons. The van der Waals surface area contributed by atoms with Gasteiger partial charge in [0.05, 0.1) is 0 Å². The molecule has 0 heterocycles. The minimum Gasteiger partial charge on any atom is -0.107 e. The van der Waals surface area contributed by atoms with Crippen LogP contribution in [0.4, 0.5) is 0 Å². The van der Waals surface area contributed by atoms with Crippen LogP contribution in [0.2, 0.25) is 0 Å². The van der Waals surface area contributed by atoms with Gasteiger partial charge in [-0.3, -0.25) is 0 Å². The second-order valence-electron chi connectivity index (χ2n) is 5.32. The molecule has 0 aromatic rings. The Kier molecular flexibility index (Phi) is 14.9. The molecule has 0 aliphatic heterocycles. The highest BCUT2D eigenvalue weighted by Gasteiger charge is 2.06. The molecule has 0 atom stereocenters. The topological polar surface area (TPSA) is 0 Å². The summed E-state index contributed by atoms with van der Waals surface area (Å²) in [5.74, 6) is 0. The molecule has 0 saturated carbocycles. The van der Waals surface area contributed by atoms with Gasteiger partial charge in [-0.05, 0) is 37.7 Å². The van der Waals surface area contributed by atoms with E-state index in [2.05, 4.69) is 20.8 Å². The Morgan fingerprint density at radius 2 is 0.824 bits per heavy atom. The van der Waals surface area contributed by atoms with Crippen LogP contribution in [0.25, 0.3) is 0 Å². The maximum Gasteiger partial charge on any atom is -0.0326 e. The molecule has 1 heteroatoms. The summed E-state index contributed by atoms with van der Waals surface area (Å²) in [6.07, 6.45) is 19.2. The molecule has 0 nitrogen and oxygen atoms in total. The van der Waals surface area contributed by atoms with Crippen LogP contribution in [0.5, 0.6) is 0 Å². The highest BCUT2D eigenvalue weighted by molar-refractivity contribution is 7.57. The van der Waals surface area contributed by atoms with Gasteiger partial charge in [-0.2, -0.15) is 0 Å². The minimum absolute atomic E-state index is 0.400. The van der Waals surface area contributed by atoms with Crippen molar-refractivity contribution in [2.24, 2.45) is 0 Å².